The topological polar surface area (TPSA) is 35.5 Å². The Kier molecular flexibility index (Phi) is 3.10. The summed E-state index contributed by atoms with van der Waals surface area (Å²) in [5.41, 5.74) is 0.408. The summed E-state index contributed by atoms with van der Waals surface area (Å²) in [7, 11) is 0. The molecule has 0 saturated carbocycles. The van der Waals surface area contributed by atoms with Crippen LogP contribution in [0, 0.1) is 11.6 Å². The van der Waals surface area contributed by atoms with Gasteiger partial charge in [-0.1, -0.05) is 12.1 Å². The van der Waals surface area contributed by atoms with Gasteiger partial charge >= 0.3 is 0 Å². The van der Waals surface area contributed by atoms with Crippen molar-refractivity contribution < 1.29 is 23.0 Å². The van der Waals surface area contributed by atoms with E-state index in [1.165, 1.54) is 12.1 Å². The zero-order chi connectivity index (χ0) is 14.1. The molecule has 0 radical (unpaired) electrons. The van der Waals surface area contributed by atoms with E-state index >= 15 is 0 Å². The lowest BCUT2D eigenvalue weighted by Crippen LogP contribution is -2.06. The molecule has 5 heteroatoms. The van der Waals surface area contributed by atoms with Gasteiger partial charge in [-0.2, -0.15) is 0 Å². The fraction of sp³-hybridized carbons (Fsp3) is 0.133. The summed E-state index contributed by atoms with van der Waals surface area (Å²) in [6, 6.07) is 8.53. The van der Waals surface area contributed by atoms with Crippen LogP contribution in [0.2, 0.25) is 0 Å². The molecule has 1 aliphatic heterocycles. The Labute approximate surface area is 113 Å². The predicted octanol–water partition coefficient (Wildman–Crippen LogP) is 3.12. The summed E-state index contributed by atoms with van der Waals surface area (Å²) >= 11 is 0. The zero-order valence-corrected chi connectivity index (χ0v) is 10.4. The third-order valence-electron chi connectivity index (χ3n) is 3.08. The van der Waals surface area contributed by atoms with Crippen LogP contribution < -0.4 is 9.47 Å². The second-order valence-corrected chi connectivity index (χ2v) is 4.38. The highest BCUT2D eigenvalue weighted by atomic mass is 19.2. The second-order valence-electron chi connectivity index (χ2n) is 4.38. The van der Waals surface area contributed by atoms with E-state index in [1.54, 1.807) is 18.2 Å². The van der Waals surface area contributed by atoms with Crippen molar-refractivity contribution in [3.05, 3.63) is 59.2 Å². The number of Topliss-reactive ketones (excluding diaryl/α,β-unsaturated/α-hetero) is 1. The molecule has 0 saturated heterocycles. The minimum Gasteiger partial charge on any atom is -0.454 e. The van der Waals surface area contributed by atoms with E-state index in [2.05, 4.69) is 0 Å². The molecule has 102 valence electrons. The highest BCUT2D eigenvalue weighted by molar-refractivity contribution is 5.98. The molecular weight excluding hydrogens is 266 g/mol. The van der Waals surface area contributed by atoms with Crippen LogP contribution in [0.25, 0.3) is 0 Å². The van der Waals surface area contributed by atoms with Crippen LogP contribution >= 0.6 is 0 Å². The van der Waals surface area contributed by atoms with Crippen LogP contribution in [0.5, 0.6) is 11.5 Å². The van der Waals surface area contributed by atoms with Crippen molar-refractivity contribution in [2.24, 2.45) is 0 Å². The Morgan fingerprint density at radius 3 is 2.75 bits per heavy atom. The maximum Gasteiger partial charge on any atom is 0.231 e. The Hall–Kier alpha value is -2.43. The summed E-state index contributed by atoms with van der Waals surface area (Å²) in [4.78, 5) is 12.1. The van der Waals surface area contributed by atoms with E-state index in [0.29, 0.717) is 17.1 Å². The number of hydrogen-bond donors (Lipinski definition) is 0. The average molecular weight is 276 g/mol. The van der Waals surface area contributed by atoms with Crippen molar-refractivity contribution in [2.75, 3.05) is 6.79 Å². The first-order valence-electron chi connectivity index (χ1n) is 6.01. The van der Waals surface area contributed by atoms with Gasteiger partial charge in [0.2, 0.25) is 6.79 Å². The quantitative estimate of drug-likeness (QED) is 0.808. The van der Waals surface area contributed by atoms with E-state index in [1.807, 2.05) is 0 Å². The molecule has 2 aromatic rings. The molecular formula is C15H10F2O3. The molecule has 0 fully saturated rings. The first-order valence-corrected chi connectivity index (χ1v) is 6.01. The highest BCUT2D eigenvalue weighted by Gasteiger charge is 2.18. The molecule has 20 heavy (non-hydrogen) atoms. The number of ether oxygens (including phenoxy) is 2. The lowest BCUT2D eigenvalue weighted by molar-refractivity contribution is 0.0991. The van der Waals surface area contributed by atoms with E-state index in [-0.39, 0.29) is 24.6 Å². The van der Waals surface area contributed by atoms with Crippen molar-refractivity contribution in [2.45, 2.75) is 6.42 Å². The Balaban J connectivity index is 1.84. The third kappa shape index (κ3) is 2.22. The lowest BCUT2D eigenvalue weighted by Gasteiger charge is -2.04. The van der Waals surface area contributed by atoms with Crippen molar-refractivity contribution in [1.82, 2.24) is 0 Å². The third-order valence-corrected chi connectivity index (χ3v) is 3.08. The molecule has 0 N–H and O–H groups in total. The number of carbonyl (C=O) groups is 1. The Bertz CT molecular complexity index is 683. The molecule has 0 spiro atoms. The van der Waals surface area contributed by atoms with Gasteiger partial charge in [0, 0.05) is 12.0 Å². The number of halogens is 2. The first kappa shape index (κ1) is 12.6. The highest BCUT2D eigenvalue weighted by Crippen LogP contribution is 2.32. The van der Waals surface area contributed by atoms with E-state index < -0.39 is 11.6 Å². The van der Waals surface area contributed by atoms with Gasteiger partial charge in [0.15, 0.2) is 28.9 Å². The monoisotopic (exact) mass is 276 g/mol. The van der Waals surface area contributed by atoms with Crippen LogP contribution in [0.4, 0.5) is 8.78 Å². The van der Waals surface area contributed by atoms with Gasteiger partial charge in [0.05, 0.1) is 0 Å². The van der Waals surface area contributed by atoms with Crippen LogP contribution in [0.3, 0.4) is 0 Å². The van der Waals surface area contributed by atoms with Gasteiger partial charge in [-0.3, -0.25) is 4.79 Å². The summed E-state index contributed by atoms with van der Waals surface area (Å²) in [6.07, 6.45) is -0.205. The van der Waals surface area contributed by atoms with Crippen LogP contribution in [-0.4, -0.2) is 12.6 Å². The SMILES string of the molecule is O=C(Cc1cccc(F)c1F)c1ccc2c(c1)OCO2. The summed E-state index contributed by atoms with van der Waals surface area (Å²) in [5, 5.41) is 0. The lowest BCUT2D eigenvalue weighted by atomic mass is 10.0. The molecule has 3 rings (SSSR count). The number of carbonyl (C=O) groups excluding carboxylic acids is 1. The van der Waals surface area contributed by atoms with Gasteiger partial charge in [0.25, 0.3) is 0 Å². The Morgan fingerprint density at radius 1 is 1.10 bits per heavy atom. The van der Waals surface area contributed by atoms with Crippen molar-refractivity contribution in [3.63, 3.8) is 0 Å². The maximum atomic E-state index is 13.5. The van der Waals surface area contributed by atoms with Crippen LogP contribution in [0.1, 0.15) is 15.9 Å². The number of hydrogen-bond acceptors (Lipinski definition) is 3. The molecule has 0 unspecified atom stereocenters. The second kappa shape index (κ2) is 4.92. The number of rotatable bonds is 3. The standard InChI is InChI=1S/C15H10F2O3/c16-11-3-1-2-10(15(11)17)6-12(18)9-4-5-13-14(7-9)20-8-19-13/h1-5,7H,6,8H2. The van der Waals surface area contributed by atoms with E-state index in [4.69, 9.17) is 9.47 Å². The maximum absolute atomic E-state index is 13.5. The van der Waals surface area contributed by atoms with Crippen molar-refractivity contribution in [3.8, 4) is 11.5 Å². The van der Waals surface area contributed by atoms with Gasteiger partial charge in [-0.05, 0) is 29.8 Å². The fourth-order valence-electron chi connectivity index (χ4n) is 2.03. The summed E-state index contributed by atoms with van der Waals surface area (Å²) in [5.74, 6) is -1.20. The predicted molar refractivity (Wildman–Crippen MR) is 67.0 cm³/mol. The molecule has 0 aliphatic carbocycles. The van der Waals surface area contributed by atoms with Crippen LogP contribution in [0.15, 0.2) is 36.4 Å². The molecule has 0 atom stereocenters. The van der Waals surface area contributed by atoms with E-state index in [9.17, 15) is 13.6 Å². The van der Waals surface area contributed by atoms with Crippen molar-refractivity contribution >= 4 is 5.78 Å². The normalized spacial score (nSPS) is 12.5. The number of fused-ring (bicyclic) bond motifs is 1. The minimum absolute atomic E-state index is 0.0349. The van der Waals surface area contributed by atoms with Gasteiger partial charge in [-0.25, -0.2) is 8.78 Å². The van der Waals surface area contributed by atoms with Crippen LogP contribution in [-0.2, 0) is 6.42 Å². The molecule has 0 amide bonds. The molecule has 1 heterocycles. The Morgan fingerprint density at radius 2 is 1.90 bits per heavy atom. The number of benzene rings is 2. The zero-order valence-electron chi connectivity index (χ0n) is 10.4. The van der Waals surface area contributed by atoms with Gasteiger partial charge in [-0.15, -0.1) is 0 Å². The number of ketones is 1. The summed E-state index contributed by atoms with van der Waals surface area (Å²) < 4.78 is 36.9. The van der Waals surface area contributed by atoms with E-state index in [0.717, 1.165) is 6.07 Å². The average Bonchev–Trinajstić information content (AvgIpc) is 2.91. The summed E-state index contributed by atoms with van der Waals surface area (Å²) in [6.45, 7) is 0.117. The fourth-order valence-corrected chi connectivity index (χ4v) is 2.03. The molecule has 3 nitrogen and oxygen atoms in total. The van der Waals surface area contributed by atoms with Crippen molar-refractivity contribution in [1.29, 1.82) is 0 Å². The smallest absolute Gasteiger partial charge is 0.231 e. The first-order chi connectivity index (χ1) is 9.65. The van der Waals surface area contributed by atoms with Gasteiger partial charge in [0.1, 0.15) is 0 Å². The largest absolute Gasteiger partial charge is 0.454 e. The molecule has 1 aliphatic rings. The molecule has 2 aromatic carbocycles. The minimum atomic E-state index is -0.985. The molecule has 0 aromatic heterocycles. The van der Waals surface area contributed by atoms with Gasteiger partial charge < -0.3 is 9.47 Å². The molecule has 0 bridgehead atoms.